The molecule has 0 bridgehead atoms. The molecule has 5 nitrogen and oxygen atoms in total. The van der Waals surface area contributed by atoms with Crippen LogP contribution in [0.5, 0.6) is 0 Å². The number of nitrogens with zero attached hydrogens (tertiary/aromatic N) is 3. The molecule has 4 rings (SSSR count). The summed E-state index contributed by atoms with van der Waals surface area (Å²) in [7, 11) is 0. The Balaban J connectivity index is 0.00000210. The second kappa shape index (κ2) is 7.67. The molecule has 1 aliphatic rings. The van der Waals surface area contributed by atoms with Gasteiger partial charge in [0, 0.05) is 15.6 Å². The molecule has 1 atom stereocenters. The molecule has 0 unspecified atom stereocenters. The molecule has 0 radical (unpaired) electrons. The maximum absolute atomic E-state index is 14.5. The Bertz CT molecular complexity index is 1080. The van der Waals surface area contributed by atoms with Crippen LogP contribution in [0, 0.1) is 5.82 Å². The number of benzene rings is 2. The van der Waals surface area contributed by atoms with Gasteiger partial charge in [0.05, 0.1) is 29.1 Å². The van der Waals surface area contributed by atoms with E-state index in [0.29, 0.717) is 28.2 Å². The van der Waals surface area contributed by atoms with E-state index in [-0.39, 0.29) is 35.3 Å². The van der Waals surface area contributed by atoms with E-state index in [1.54, 1.807) is 29.7 Å². The molecule has 3 aromatic rings. The molecule has 0 spiro atoms. The monoisotopic (exact) mass is 435 g/mol. The van der Waals surface area contributed by atoms with Gasteiger partial charge in [0.15, 0.2) is 0 Å². The fourth-order valence-corrected chi connectivity index (χ4v) is 3.57. The van der Waals surface area contributed by atoms with Crippen LogP contribution < -0.4 is 34.7 Å². The fourth-order valence-electron chi connectivity index (χ4n) is 3.21. The first-order valence-corrected chi connectivity index (χ1v) is 8.68. The Morgan fingerprint density at radius 2 is 1.96 bits per heavy atom. The predicted molar refractivity (Wildman–Crippen MR) is 96.0 cm³/mol. The van der Waals surface area contributed by atoms with Crippen LogP contribution in [-0.4, -0.2) is 21.2 Å². The summed E-state index contributed by atoms with van der Waals surface area (Å²) >= 11 is 3.44. The van der Waals surface area contributed by atoms with Gasteiger partial charge in [-0.3, -0.25) is 9.56 Å². The van der Waals surface area contributed by atoms with Crippen molar-refractivity contribution in [1.29, 1.82) is 0 Å². The minimum Gasteiger partial charge on any atom is -0.543 e. The number of fused-ring (bicyclic) bond motifs is 3. The van der Waals surface area contributed by atoms with Crippen LogP contribution in [0.2, 0.25) is 0 Å². The van der Waals surface area contributed by atoms with E-state index in [2.05, 4.69) is 25.9 Å². The van der Waals surface area contributed by atoms with Gasteiger partial charge in [0.25, 0.3) is 0 Å². The molecular weight excluding hydrogens is 424 g/mol. The molecule has 2 aromatic carbocycles. The second-order valence-electron chi connectivity index (χ2n) is 5.93. The van der Waals surface area contributed by atoms with Gasteiger partial charge in [-0.15, -0.1) is 0 Å². The van der Waals surface area contributed by atoms with Crippen LogP contribution >= 0.6 is 15.9 Å². The minimum absolute atomic E-state index is 0. The topological polar surface area (TPSA) is 70.3 Å². The zero-order chi connectivity index (χ0) is 18.4. The van der Waals surface area contributed by atoms with Crippen molar-refractivity contribution in [3.8, 4) is 5.69 Å². The van der Waals surface area contributed by atoms with Gasteiger partial charge in [0.2, 0.25) is 0 Å². The normalized spacial score (nSPS) is 15.1. The number of aromatic carboxylic acids is 1. The molecule has 27 heavy (non-hydrogen) atoms. The Hall–Kier alpha value is -1.80. The van der Waals surface area contributed by atoms with Crippen molar-refractivity contribution in [3.63, 3.8) is 0 Å². The molecule has 1 aromatic heterocycles. The molecular formula is C19H12BrFN3NaO2. The van der Waals surface area contributed by atoms with Crippen LogP contribution in [0.3, 0.4) is 0 Å². The third-order valence-corrected chi connectivity index (χ3v) is 4.81. The van der Waals surface area contributed by atoms with Gasteiger partial charge in [-0.2, -0.15) is 0 Å². The van der Waals surface area contributed by atoms with E-state index in [0.717, 1.165) is 4.47 Å². The largest absolute Gasteiger partial charge is 1.00 e. The molecule has 130 valence electrons. The Morgan fingerprint density at radius 3 is 2.67 bits per heavy atom. The third-order valence-electron chi connectivity index (χ3n) is 4.32. The summed E-state index contributed by atoms with van der Waals surface area (Å²) < 4.78 is 17.0. The van der Waals surface area contributed by atoms with Crippen molar-refractivity contribution in [2.24, 2.45) is 4.99 Å². The molecule has 0 saturated heterocycles. The van der Waals surface area contributed by atoms with Crippen molar-refractivity contribution in [2.45, 2.75) is 13.0 Å². The van der Waals surface area contributed by atoms with E-state index in [1.165, 1.54) is 12.4 Å². The van der Waals surface area contributed by atoms with Gasteiger partial charge in [-0.1, -0.05) is 28.1 Å². The van der Waals surface area contributed by atoms with Gasteiger partial charge in [0.1, 0.15) is 17.8 Å². The second-order valence-corrected chi connectivity index (χ2v) is 6.85. The average molecular weight is 436 g/mol. The standard InChI is InChI=1S/C19H13BrFN3O2.Na/c1-10-18-17(19(25)26)22-9-24(18)15-7-6-11(20)8-13(15)16(23-10)12-4-2-3-5-14(12)21;/h2-10H,1H3,(H,25,26);/q;+1/p-1/t10-;/m1./s1. The number of halogens is 2. The van der Waals surface area contributed by atoms with E-state index < -0.39 is 17.8 Å². The molecule has 1 aliphatic heterocycles. The fraction of sp³-hybridized carbons (Fsp3) is 0.105. The Kier molecular flexibility index (Phi) is 5.67. The number of imidazole rings is 1. The number of aromatic nitrogens is 2. The molecule has 0 amide bonds. The Morgan fingerprint density at radius 1 is 1.22 bits per heavy atom. The molecule has 0 fully saturated rings. The summed E-state index contributed by atoms with van der Waals surface area (Å²) in [6.45, 7) is 1.75. The molecule has 8 heteroatoms. The number of hydrogen-bond acceptors (Lipinski definition) is 4. The first kappa shape index (κ1) is 19.9. The number of rotatable bonds is 2. The van der Waals surface area contributed by atoms with E-state index in [1.807, 2.05) is 18.2 Å². The van der Waals surface area contributed by atoms with Crippen LogP contribution in [0.1, 0.15) is 40.3 Å². The van der Waals surface area contributed by atoms with E-state index >= 15 is 0 Å². The van der Waals surface area contributed by atoms with E-state index in [4.69, 9.17) is 0 Å². The van der Waals surface area contributed by atoms with Crippen LogP contribution in [0.4, 0.5) is 4.39 Å². The number of carboxylic acids is 1. The van der Waals surface area contributed by atoms with Crippen molar-refractivity contribution in [1.82, 2.24) is 9.55 Å². The first-order valence-electron chi connectivity index (χ1n) is 7.89. The molecule has 0 aliphatic carbocycles. The molecule has 2 heterocycles. The summed E-state index contributed by atoms with van der Waals surface area (Å²) in [6.07, 6.45) is 1.43. The predicted octanol–water partition coefficient (Wildman–Crippen LogP) is 0.0534. The van der Waals surface area contributed by atoms with Gasteiger partial charge in [-0.25, -0.2) is 9.37 Å². The summed E-state index contributed by atoms with van der Waals surface area (Å²) in [5, 5.41) is 11.5. The first-order chi connectivity index (χ1) is 12.5. The number of carboxylic acid groups (broad SMARTS) is 1. The maximum atomic E-state index is 14.5. The van der Waals surface area contributed by atoms with Gasteiger partial charge >= 0.3 is 29.6 Å². The SMILES string of the molecule is C[C@H]1N=C(c2ccccc2F)c2cc(Br)ccc2-n2cnc(C(=O)[O-])c21.[Na+]. The summed E-state index contributed by atoms with van der Waals surface area (Å²) in [4.78, 5) is 20.1. The zero-order valence-corrected chi connectivity index (χ0v) is 18.2. The minimum atomic E-state index is -1.37. The summed E-state index contributed by atoms with van der Waals surface area (Å²) in [5.41, 5.74) is 2.41. The zero-order valence-electron chi connectivity index (χ0n) is 14.6. The quantitative estimate of drug-likeness (QED) is 0.534. The van der Waals surface area contributed by atoms with Crippen molar-refractivity contribution < 1.29 is 43.8 Å². The number of carbonyl (C=O) groups is 1. The number of hydrogen-bond donors (Lipinski definition) is 0. The molecule has 0 saturated carbocycles. The Labute approximate surface area is 185 Å². The number of aliphatic imine (C=N–C) groups is 1. The maximum Gasteiger partial charge on any atom is 1.00 e. The average Bonchev–Trinajstić information content (AvgIpc) is 3.01. The third kappa shape index (κ3) is 3.40. The van der Waals surface area contributed by atoms with Gasteiger partial charge in [-0.05, 0) is 37.3 Å². The summed E-state index contributed by atoms with van der Waals surface area (Å²) in [5.74, 6) is -1.76. The number of carbonyl (C=O) groups excluding carboxylic acids is 1. The van der Waals surface area contributed by atoms with E-state index in [9.17, 15) is 14.3 Å². The van der Waals surface area contributed by atoms with Crippen LogP contribution in [-0.2, 0) is 0 Å². The molecule has 0 N–H and O–H groups in total. The van der Waals surface area contributed by atoms with Crippen LogP contribution in [0.15, 0.2) is 58.3 Å². The van der Waals surface area contributed by atoms with Crippen molar-refractivity contribution >= 4 is 27.6 Å². The smallest absolute Gasteiger partial charge is 0.543 e. The summed E-state index contributed by atoms with van der Waals surface area (Å²) in [6, 6.07) is 11.3. The van der Waals surface area contributed by atoms with Crippen LogP contribution in [0.25, 0.3) is 5.69 Å². The van der Waals surface area contributed by atoms with Crippen molar-refractivity contribution in [2.75, 3.05) is 0 Å². The van der Waals surface area contributed by atoms with Gasteiger partial charge < -0.3 is 9.90 Å². The van der Waals surface area contributed by atoms with Crippen molar-refractivity contribution in [3.05, 3.63) is 81.6 Å².